The van der Waals surface area contributed by atoms with E-state index >= 15 is 0 Å². The van der Waals surface area contributed by atoms with E-state index in [0.717, 1.165) is 31.4 Å². The molecule has 16 heavy (non-hydrogen) atoms. The Labute approximate surface area is 92.7 Å². The van der Waals surface area contributed by atoms with E-state index in [1.807, 2.05) is 12.1 Å². The van der Waals surface area contributed by atoms with Crippen LogP contribution in [0.5, 0.6) is 0 Å². The molecule has 3 rings (SSSR count). The largest absolute Gasteiger partial charge is 0.316 e. The lowest BCUT2D eigenvalue weighted by molar-refractivity contribution is 0.583. The number of nitrogens with one attached hydrogen (secondary N) is 1. The summed E-state index contributed by atoms with van der Waals surface area (Å²) in [6.07, 6.45) is 3.15. The molecule has 2 heterocycles. The molecule has 4 heteroatoms. The predicted molar refractivity (Wildman–Crippen MR) is 59.8 cm³/mol. The average molecular weight is 217 g/mol. The van der Waals surface area contributed by atoms with Crippen LogP contribution in [0, 0.1) is 5.95 Å². The van der Waals surface area contributed by atoms with E-state index in [2.05, 4.69) is 15.3 Å². The second kappa shape index (κ2) is 3.79. The Morgan fingerprint density at radius 2 is 1.75 bits per heavy atom. The minimum absolute atomic E-state index is 0.515. The molecule has 0 spiro atoms. The molecular formula is C12H12FN3. The fourth-order valence-corrected chi connectivity index (χ4v) is 2.16. The van der Waals surface area contributed by atoms with Crippen molar-refractivity contribution in [2.45, 2.75) is 12.8 Å². The summed E-state index contributed by atoms with van der Waals surface area (Å²) in [5.41, 5.74) is 4.00. The molecule has 0 saturated heterocycles. The van der Waals surface area contributed by atoms with Crippen molar-refractivity contribution in [2.75, 3.05) is 13.1 Å². The Kier molecular flexibility index (Phi) is 2.29. The monoisotopic (exact) mass is 217 g/mol. The average Bonchev–Trinajstić information content (AvgIpc) is 2.50. The van der Waals surface area contributed by atoms with Gasteiger partial charge in [-0.2, -0.15) is 4.39 Å². The molecule has 1 N–H and O–H groups in total. The molecular weight excluding hydrogens is 205 g/mol. The topological polar surface area (TPSA) is 37.8 Å². The second-order valence-corrected chi connectivity index (χ2v) is 4.05. The molecule has 1 aliphatic rings. The van der Waals surface area contributed by atoms with Gasteiger partial charge in [0.1, 0.15) is 0 Å². The molecule has 0 radical (unpaired) electrons. The van der Waals surface area contributed by atoms with E-state index in [1.54, 1.807) is 0 Å². The summed E-state index contributed by atoms with van der Waals surface area (Å²) in [5, 5.41) is 3.35. The minimum atomic E-state index is -0.515. The van der Waals surface area contributed by atoms with Crippen LogP contribution < -0.4 is 5.32 Å². The normalized spacial score (nSPS) is 15.8. The third kappa shape index (κ3) is 1.65. The van der Waals surface area contributed by atoms with Gasteiger partial charge in [-0.15, -0.1) is 0 Å². The molecule has 0 fully saturated rings. The molecule has 1 aliphatic heterocycles. The van der Waals surface area contributed by atoms with E-state index < -0.39 is 5.95 Å². The van der Waals surface area contributed by atoms with Gasteiger partial charge in [0.05, 0.1) is 17.2 Å². The molecule has 3 nitrogen and oxygen atoms in total. The molecule has 82 valence electrons. The standard InChI is InChI=1S/C12H12FN3/c13-12-7-15-10-5-8-1-3-14-4-2-9(8)6-11(10)16-12/h5-7,14H,1-4H2. The van der Waals surface area contributed by atoms with Gasteiger partial charge in [0, 0.05) is 0 Å². The molecule has 0 unspecified atom stereocenters. The summed E-state index contributed by atoms with van der Waals surface area (Å²) in [6.45, 7) is 1.97. The minimum Gasteiger partial charge on any atom is -0.316 e. The summed E-state index contributed by atoms with van der Waals surface area (Å²) in [4.78, 5) is 7.93. The fraction of sp³-hybridized carbons (Fsp3) is 0.333. The van der Waals surface area contributed by atoms with Crippen LogP contribution >= 0.6 is 0 Å². The van der Waals surface area contributed by atoms with Crippen LogP contribution in [-0.2, 0) is 12.8 Å². The maximum atomic E-state index is 13.0. The Morgan fingerprint density at radius 1 is 1.06 bits per heavy atom. The second-order valence-electron chi connectivity index (χ2n) is 4.05. The first-order valence-electron chi connectivity index (χ1n) is 5.48. The molecule has 0 bridgehead atoms. The van der Waals surface area contributed by atoms with E-state index in [-0.39, 0.29) is 0 Å². The highest BCUT2D eigenvalue weighted by molar-refractivity contribution is 5.76. The van der Waals surface area contributed by atoms with Crippen molar-refractivity contribution in [3.8, 4) is 0 Å². The molecule has 0 aliphatic carbocycles. The Bertz CT molecular complexity index is 539. The third-order valence-electron chi connectivity index (χ3n) is 2.98. The lowest BCUT2D eigenvalue weighted by atomic mass is 10.0. The zero-order chi connectivity index (χ0) is 11.0. The van der Waals surface area contributed by atoms with Crippen LogP contribution in [0.15, 0.2) is 18.3 Å². The van der Waals surface area contributed by atoms with Crippen LogP contribution in [0.2, 0.25) is 0 Å². The quantitative estimate of drug-likeness (QED) is 0.726. The lowest BCUT2D eigenvalue weighted by Gasteiger charge is -2.06. The number of halogens is 1. The van der Waals surface area contributed by atoms with Crippen LogP contribution in [-0.4, -0.2) is 23.1 Å². The SMILES string of the molecule is Fc1cnc2cc3c(cc2n1)CCNCC3. The zero-order valence-electron chi connectivity index (χ0n) is 8.83. The number of benzene rings is 1. The Balaban J connectivity index is 2.20. The third-order valence-corrected chi connectivity index (χ3v) is 2.98. The number of rotatable bonds is 0. The van der Waals surface area contributed by atoms with Crippen LogP contribution in [0.4, 0.5) is 4.39 Å². The first-order chi connectivity index (χ1) is 7.83. The summed E-state index contributed by atoms with van der Waals surface area (Å²) < 4.78 is 13.0. The first-order valence-corrected chi connectivity index (χ1v) is 5.48. The molecule has 1 aromatic carbocycles. The summed E-state index contributed by atoms with van der Waals surface area (Å²) >= 11 is 0. The van der Waals surface area contributed by atoms with Gasteiger partial charge in [-0.3, -0.25) is 0 Å². The summed E-state index contributed by atoms with van der Waals surface area (Å²) in [7, 11) is 0. The van der Waals surface area contributed by atoms with Gasteiger partial charge in [0.25, 0.3) is 0 Å². The van der Waals surface area contributed by atoms with Gasteiger partial charge >= 0.3 is 0 Å². The zero-order valence-corrected chi connectivity index (χ0v) is 8.83. The summed E-state index contributed by atoms with van der Waals surface area (Å²) in [6, 6.07) is 4.00. The highest BCUT2D eigenvalue weighted by atomic mass is 19.1. The van der Waals surface area contributed by atoms with Gasteiger partial charge < -0.3 is 5.32 Å². The molecule has 1 aromatic heterocycles. The van der Waals surface area contributed by atoms with Crippen molar-refractivity contribution in [1.82, 2.24) is 15.3 Å². The number of hydrogen-bond acceptors (Lipinski definition) is 3. The van der Waals surface area contributed by atoms with E-state index in [9.17, 15) is 4.39 Å². The maximum absolute atomic E-state index is 13.0. The molecule has 0 amide bonds. The van der Waals surface area contributed by atoms with Crippen LogP contribution in [0.1, 0.15) is 11.1 Å². The van der Waals surface area contributed by atoms with Gasteiger partial charge in [-0.1, -0.05) is 0 Å². The van der Waals surface area contributed by atoms with E-state index in [4.69, 9.17) is 0 Å². The van der Waals surface area contributed by atoms with Crippen molar-refractivity contribution in [1.29, 1.82) is 0 Å². The highest BCUT2D eigenvalue weighted by Crippen LogP contribution is 2.19. The van der Waals surface area contributed by atoms with Crippen molar-refractivity contribution < 1.29 is 4.39 Å². The van der Waals surface area contributed by atoms with Crippen LogP contribution in [0.25, 0.3) is 11.0 Å². The number of fused-ring (bicyclic) bond motifs is 2. The Hall–Kier alpha value is -1.55. The number of hydrogen-bond donors (Lipinski definition) is 1. The van der Waals surface area contributed by atoms with Crippen molar-refractivity contribution >= 4 is 11.0 Å². The van der Waals surface area contributed by atoms with E-state index in [0.29, 0.717) is 5.52 Å². The number of aromatic nitrogens is 2. The predicted octanol–water partition coefficient (Wildman–Crippen LogP) is 1.46. The first kappa shape index (κ1) is 9.66. The maximum Gasteiger partial charge on any atom is 0.231 e. The smallest absolute Gasteiger partial charge is 0.231 e. The van der Waals surface area contributed by atoms with E-state index in [1.165, 1.54) is 17.3 Å². The van der Waals surface area contributed by atoms with Gasteiger partial charge in [-0.05, 0) is 49.2 Å². The Morgan fingerprint density at radius 3 is 2.50 bits per heavy atom. The van der Waals surface area contributed by atoms with Gasteiger partial charge in [0.2, 0.25) is 5.95 Å². The van der Waals surface area contributed by atoms with Crippen molar-refractivity contribution in [2.24, 2.45) is 0 Å². The van der Waals surface area contributed by atoms with Gasteiger partial charge in [-0.25, -0.2) is 9.97 Å². The van der Waals surface area contributed by atoms with Crippen molar-refractivity contribution in [3.05, 3.63) is 35.4 Å². The van der Waals surface area contributed by atoms with Crippen molar-refractivity contribution in [3.63, 3.8) is 0 Å². The molecule has 0 atom stereocenters. The highest BCUT2D eigenvalue weighted by Gasteiger charge is 2.10. The lowest BCUT2D eigenvalue weighted by Crippen LogP contribution is -2.16. The fourth-order valence-electron chi connectivity index (χ4n) is 2.16. The molecule has 2 aromatic rings. The van der Waals surface area contributed by atoms with Gasteiger partial charge in [0.15, 0.2) is 0 Å². The number of nitrogens with zero attached hydrogens (tertiary/aromatic N) is 2. The molecule has 0 saturated carbocycles. The summed E-state index contributed by atoms with van der Waals surface area (Å²) in [5.74, 6) is -0.515. The van der Waals surface area contributed by atoms with Crippen LogP contribution in [0.3, 0.4) is 0 Å².